The predicted molar refractivity (Wildman–Crippen MR) is 96.1 cm³/mol. The Morgan fingerprint density at radius 3 is 2.50 bits per heavy atom. The van der Waals surface area contributed by atoms with Crippen LogP contribution in [0.15, 0.2) is 54.1 Å². The minimum absolute atomic E-state index is 0.431. The van der Waals surface area contributed by atoms with E-state index in [1.54, 1.807) is 18.7 Å². The van der Waals surface area contributed by atoms with E-state index in [-0.39, 0.29) is 0 Å². The average molecular weight is 341 g/mol. The van der Waals surface area contributed by atoms with Gasteiger partial charge in [0.25, 0.3) is 6.47 Å². The van der Waals surface area contributed by atoms with E-state index in [2.05, 4.69) is 31.8 Å². The fraction of sp³-hybridized carbons (Fsp3) is 0.222. The van der Waals surface area contributed by atoms with Gasteiger partial charge in [0, 0.05) is 30.4 Å². The standard InChI is InChI=1S/C15H13N3S.C3H6O2/c1-19-15-17-9-11(10-18-15)8-12-6-7-16-14-5-3-2-4-13(12)14;1-2-5-3-4/h2-7,9-10H,8H2,1H3;3H,2H2,1H3. The molecule has 3 rings (SSSR count). The highest BCUT2D eigenvalue weighted by atomic mass is 32.2. The van der Waals surface area contributed by atoms with Crippen LogP contribution in [0.1, 0.15) is 18.1 Å². The molecule has 6 heteroatoms. The molecule has 0 aliphatic carbocycles. The molecule has 0 bridgehead atoms. The molecule has 1 aromatic carbocycles. The van der Waals surface area contributed by atoms with Crippen molar-refractivity contribution in [1.29, 1.82) is 0 Å². The first-order chi connectivity index (χ1) is 11.8. The second-order valence-electron chi connectivity index (χ2n) is 4.79. The summed E-state index contributed by atoms with van der Waals surface area (Å²) in [6, 6.07) is 10.3. The number of thioether (sulfide) groups is 1. The fourth-order valence-corrected chi connectivity index (χ4v) is 2.45. The van der Waals surface area contributed by atoms with Crippen molar-refractivity contribution in [3.8, 4) is 0 Å². The average Bonchev–Trinajstić information content (AvgIpc) is 2.64. The highest BCUT2D eigenvalue weighted by molar-refractivity contribution is 7.98. The topological polar surface area (TPSA) is 65.0 Å². The Morgan fingerprint density at radius 1 is 1.12 bits per heavy atom. The summed E-state index contributed by atoms with van der Waals surface area (Å²) in [5, 5.41) is 2.00. The molecule has 2 aromatic heterocycles. The Morgan fingerprint density at radius 2 is 1.88 bits per heavy atom. The van der Waals surface area contributed by atoms with Crippen molar-refractivity contribution in [1.82, 2.24) is 15.0 Å². The summed E-state index contributed by atoms with van der Waals surface area (Å²) in [6.07, 6.45) is 8.46. The van der Waals surface area contributed by atoms with Crippen molar-refractivity contribution in [2.45, 2.75) is 18.5 Å². The third kappa shape index (κ3) is 5.03. The minimum atomic E-state index is 0.431. The largest absolute Gasteiger partial charge is 0.468 e. The van der Waals surface area contributed by atoms with Gasteiger partial charge in [-0.15, -0.1) is 0 Å². The number of nitrogens with zero attached hydrogens (tertiary/aromatic N) is 3. The molecular formula is C18H19N3O2S. The van der Waals surface area contributed by atoms with E-state index >= 15 is 0 Å². The smallest absolute Gasteiger partial charge is 0.293 e. The molecule has 5 nitrogen and oxygen atoms in total. The van der Waals surface area contributed by atoms with Gasteiger partial charge < -0.3 is 4.74 Å². The lowest BCUT2D eigenvalue weighted by Crippen LogP contribution is -1.94. The fourth-order valence-electron chi connectivity index (χ4n) is 2.14. The van der Waals surface area contributed by atoms with Gasteiger partial charge in [0.1, 0.15) is 0 Å². The van der Waals surface area contributed by atoms with E-state index in [9.17, 15) is 4.79 Å². The summed E-state index contributed by atoms with van der Waals surface area (Å²) in [4.78, 5) is 22.2. The molecule has 0 N–H and O–H groups in total. The molecular weight excluding hydrogens is 322 g/mol. The lowest BCUT2D eigenvalue weighted by molar-refractivity contribution is -0.128. The zero-order valence-corrected chi connectivity index (χ0v) is 14.5. The molecule has 0 aliphatic heterocycles. The molecule has 124 valence electrons. The molecule has 3 aromatic rings. The van der Waals surface area contributed by atoms with Crippen LogP contribution in [-0.4, -0.2) is 34.3 Å². The predicted octanol–water partition coefficient (Wildman–Crippen LogP) is 3.52. The zero-order valence-electron chi connectivity index (χ0n) is 13.7. The molecule has 0 saturated carbocycles. The first kappa shape index (κ1) is 17.9. The SMILES string of the molecule is CCOC=O.CSc1ncc(Cc2ccnc3ccccc23)cn1. The van der Waals surface area contributed by atoms with E-state index in [1.807, 2.05) is 43.0 Å². The van der Waals surface area contributed by atoms with Crippen molar-refractivity contribution >= 4 is 29.1 Å². The summed E-state index contributed by atoms with van der Waals surface area (Å²) in [7, 11) is 0. The molecule has 0 atom stereocenters. The maximum Gasteiger partial charge on any atom is 0.293 e. The van der Waals surface area contributed by atoms with Crippen LogP contribution in [0.4, 0.5) is 0 Å². The number of para-hydroxylation sites is 1. The number of aromatic nitrogens is 3. The van der Waals surface area contributed by atoms with E-state index in [1.165, 1.54) is 10.9 Å². The minimum Gasteiger partial charge on any atom is -0.468 e. The quantitative estimate of drug-likeness (QED) is 0.402. The zero-order chi connectivity index (χ0) is 17.2. The van der Waals surface area contributed by atoms with Gasteiger partial charge in [0.15, 0.2) is 5.16 Å². The Kier molecular flexibility index (Phi) is 7.17. The van der Waals surface area contributed by atoms with Crippen LogP contribution >= 0.6 is 11.8 Å². The van der Waals surface area contributed by atoms with E-state index in [0.29, 0.717) is 13.1 Å². The highest BCUT2D eigenvalue weighted by Crippen LogP contribution is 2.19. The number of benzene rings is 1. The van der Waals surface area contributed by atoms with Gasteiger partial charge in [-0.2, -0.15) is 0 Å². The monoisotopic (exact) mass is 341 g/mol. The van der Waals surface area contributed by atoms with Crippen molar-refractivity contribution in [3.63, 3.8) is 0 Å². The number of fused-ring (bicyclic) bond motifs is 1. The van der Waals surface area contributed by atoms with Gasteiger partial charge in [-0.3, -0.25) is 9.78 Å². The first-order valence-corrected chi connectivity index (χ1v) is 8.73. The van der Waals surface area contributed by atoms with E-state index < -0.39 is 0 Å². The number of hydrogen-bond acceptors (Lipinski definition) is 6. The van der Waals surface area contributed by atoms with Crippen molar-refractivity contribution in [3.05, 3.63) is 60.0 Å². The van der Waals surface area contributed by atoms with Gasteiger partial charge in [-0.1, -0.05) is 30.0 Å². The van der Waals surface area contributed by atoms with E-state index in [0.717, 1.165) is 22.7 Å². The van der Waals surface area contributed by atoms with Crippen molar-refractivity contribution < 1.29 is 9.53 Å². The van der Waals surface area contributed by atoms with E-state index in [4.69, 9.17) is 0 Å². The van der Waals surface area contributed by atoms with Crippen LogP contribution in [0.5, 0.6) is 0 Å². The molecule has 0 saturated heterocycles. The molecule has 0 radical (unpaired) electrons. The van der Waals surface area contributed by atoms with Crippen LogP contribution in [0, 0.1) is 0 Å². The van der Waals surface area contributed by atoms with Gasteiger partial charge in [-0.05, 0) is 36.4 Å². The Hall–Kier alpha value is -2.47. The molecule has 0 amide bonds. The summed E-state index contributed by atoms with van der Waals surface area (Å²) in [5.41, 5.74) is 3.40. The summed E-state index contributed by atoms with van der Waals surface area (Å²) < 4.78 is 4.15. The number of rotatable bonds is 5. The maximum atomic E-state index is 9.18. The van der Waals surface area contributed by atoms with Gasteiger partial charge in [-0.25, -0.2) is 9.97 Å². The molecule has 0 spiro atoms. The molecule has 0 fully saturated rings. The molecule has 0 aliphatic rings. The molecule has 24 heavy (non-hydrogen) atoms. The third-order valence-corrected chi connectivity index (χ3v) is 3.81. The second kappa shape index (κ2) is 9.62. The number of hydrogen-bond donors (Lipinski definition) is 0. The number of ether oxygens (including phenoxy) is 1. The Labute approximate surface area is 145 Å². The van der Waals surface area contributed by atoms with Crippen LogP contribution < -0.4 is 0 Å². The normalized spacial score (nSPS) is 9.92. The first-order valence-electron chi connectivity index (χ1n) is 7.51. The van der Waals surface area contributed by atoms with Crippen LogP contribution in [-0.2, 0) is 16.0 Å². The lowest BCUT2D eigenvalue weighted by Gasteiger charge is -2.05. The molecule has 0 unspecified atom stereocenters. The van der Waals surface area contributed by atoms with Crippen LogP contribution in [0.25, 0.3) is 10.9 Å². The summed E-state index contributed by atoms with van der Waals surface area (Å²) >= 11 is 1.55. The third-order valence-electron chi connectivity index (χ3n) is 3.23. The Balaban J connectivity index is 0.000000368. The number of carbonyl (C=O) groups is 1. The van der Waals surface area contributed by atoms with Gasteiger partial charge in [0.2, 0.25) is 0 Å². The Bertz CT molecular complexity index is 773. The second-order valence-corrected chi connectivity index (χ2v) is 5.57. The van der Waals surface area contributed by atoms with Crippen molar-refractivity contribution in [2.75, 3.05) is 12.9 Å². The van der Waals surface area contributed by atoms with Crippen molar-refractivity contribution in [2.24, 2.45) is 0 Å². The van der Waals surface area contributed by atoms with Gasteiger partial charge in [0.05, 0.1) is 12.1 Å². The lowest BCUT2D eigenvalue weighted by atomic mass is 10.0. The van der Waals surface area contributed by atoms with Crippen LogP contribution in [0.2, 0.25) is 0 Å². The van der Waals surface area contributed by atoms with Gasteiger partial charge >= 0.3 is 0 Å². The number of pyridine rings is 1. The molecule has 2 heterocycles. The van der Waals surface area contributed by atoms with Crippen LogP contribution in [0.3, 0.4) is 0 Å². The summed E-state index contributed by atoms with van der Waals surface area (Å²) in [5.74, 6) is 0. The highest BCUT2D eigenvalue weighted by Gasteiger charge is 2.03. The summed E-state index contributed by atoms with van der Waals surface area (Å²) in [6.45, 7) is 2.66. The number of carbonyl (C=O) groups excluding carboxylic acids is 1. The maximum absolute atomic E-state index is 9.18.